The minimum Gasteiger partial charge on any atom is -0.462 e. The summed E-state index contributed by atoms with van der Waals surface area (Å²) < 4.78 is 10.5. The van der Waals surface area contributed by atoms with Crippen molar-refractivity contribution in [1.29, 1.82) is 0 Å². The first-order valence-corrected chi connectivity index (χ1v) is 11.9. The fraction of sp³-hybridized carbons (Fsp3) is 0.345. The van der Waals surface area contributed by atoms with E-state index in [9.17, 15) is 9.70 Å². The third-order valence-corrected chi connectivity index (χ3v) is 4.38. The molecule has 0 radical (unpaired) electrons. The van der Waals surface area contributed by atoms with Gasteiger partial charge in [0, 0.05) is 6.61 Å². The first-order chi connectivity index (χ1) is 17.4. The third kappa shape index (κ3) is 14.0. The normalized spacial score (nSPS) is 9.97. The number of hydrogen-bond donors (Lipinski definition) is 1. The number of para-hydroxylation sites is 1. The number of aliphatic hydroxyl groups is 1. The number of hydrogen-bond acceptors (Lipinski definition) is 7. The summed E-state index contributed by atoms with van der Waals surface area (Å²) in [4.78, 5) is 26.0. The SMILES string of the molecule is CC(C)COC(=O)c1ccccc1ON=O.CC(C)COCc1ccccc1.OCc1ccccc1. The molecule has 0 aromatic heterocycles. The van der Waals surface area contributed by atoms with Crippen LogP contribution in [-0.2, 0) is 22.7 Å². The molecule has 0 unspecified atom stereocenters. The average molecular weight is 496 g/mol. The molecule has 0 saturated carbocycles. The molecule has 0 saturated heterocycles. The van der Waals surface area contributed by atoms with Crippen LogP contribution in [0.25, 0.3) is 0 Å². The highest BCUT2D eigenvalue weighted by Gasteiger charge is 2.14. The van der Waals surface area contributed by atoms with E-state index in [1.807, 2.05) is 62.4 Å². The number of ether oxygens (including phenoxy) is 2. The van der Waals surface area contributed by atoms with Crippen LogP contribution in [0.2, 0.25) is 0 Å². The average Bonchev–Trinajstić information content (AvgIpc) is 2.89. The van der Waals surface area contributed by atoms with Crippen molar-refractivity contribution in [2.75, 3.05) is 13.2 Å². The van der Waals surface area contributed by atoms with Gasteiger partial charge in [-0.2, -0.15) is 0 Å². The molecule has 3 aromatic rings. The maximum absolute atomic E-state index is 11.6. The minimum atomic E-state index is -0.520. The summed E-state index contributed by atoms with van der Waals surface area (Å²) in [5, 5.41) is 10.8. The number of nitrogens with zero attached hydrogens (tertiary/aromatic N) is 1. The van der Waals surface area contributed by atoms with Gasteiger partial charge in [0.1, 0.15) is 5.56 Å². The Morgan fingerprint density at radius 3 is 1.81 bits per heavy atom. The Labute approximate surface area is 214 Å². The van der Waals surface area contributed by atoms with E-state index in [-0.39, 0.29) is 23.8 Å². The maximum Gasteiger partial charge on any atom is 0.342 e. The van der Waals surface area contributed by atoms with E-state index in [1.54, 1.807) is 12.1 Å². The molecule has 0 spiro atoms. The van der Waals surface area contributed by atoms with Gasteiger partial charge in [0.25, 0.3) is 0 Å². The fourth-order valence-electron chi connectivity index (χ4n) is 2.65. The number of carbonyl (C=O) groups excluding carboxylic acids is 1. The second kappa shape index (κ2) is 18.7. The van der Waals surface area contributed by atoms with Crippen LogP contribution < -0.4 is 4.84 Å². The van der Waals surface area contributed by atoms with Gasteiger partial charge in [-0.25, -0.2) is 4.79 Å². The van der Waals surface area contributed by atoms with Gasteiger partial charge in [0.15, 0.2) is 11.1 Å². The van der Waals surface area contributed by atoms with Gasteiger partial charge in [-0.3, -0.25) is 0 Å². The van der Waals surface area contributed by atoms with E-state index < -0.39 is 5.97 Å². The monoisotopic (exact) mass is 495 g/mol. The summed E-state index contributed by atoms with van der Waals surface area (Å²) >= 11 is 0. The van der Waals surface area contributed by atoms with Gasteiger partial charge < -0.3 is 19.4 Å². The fourth-order valence-corrected chi connectivity index (χ4v) is 2.65. The van der Waals surface area contributed by atoms with Crippen LogP contribution in [0.1, 0.15) is 49.2 Å². The molecular weight excluding hydrogens is 458 g/mol. The van der Waals surface area contributed by atoms with Crippen molar-refractivity contribution < 1.29 is 24.2 Å². The molecule has 7 nitrogen and oxygen atoms in total. The largest absolute Gasteiger partial charge is 0.462 e. The molecule has 0 aliphatic heterocycles. The smallest absolute Gasteiger partial charge is 0.342 e. The van der Waals surface area contributed by atoms with Crippen molar-refractivity contribution >= 4 is 5.97 Å². The van der Waals surface area contributed by atoms with Gasteiger partial charge in [-0.15, -0.1) is 4.91 Å². The molecule has 36 heavy (non-hydrogen) atoms. The molecular formula is C29H37NO6. The van der Waals surface area contributed by atoms with E-state index in [4.69, 9.17) is 14.6 Å². The molecule has 0 heterocycles. The van der Waals surface area contributed by atoms with Gasteiger partial charge >= 0.3 is 5.97 Å². The summed E-state index contributed by atoms with van der Waals surface area (Å²) in [6.45, 7) is 10.2. The van der Waals surface area contributed by atoms with Crippen LogP contribution >= 0.6 is 0 Å². The van der Waals surface area contributed by atoms with E-state index in [2.05, 4.69) is 36.2 Å². The summed E-state index contributed by atoms with van der Waals surface area (Å²) in [6.07, 6.45) is 0. The topological polar surface area (TPSA) is 94.4 Å². The highest BCUT2D eigenvalue weighted by Crippen LogP contribution is 2.19. The number of rotatable bonds is 10. The van der Waals surface area contributed by atoms with E-state index in [0.717, 1.165) is 18.8 Å². The van der Waals surface area contributed by atoms with Crippen molar-refractivity contribution in [1.82, 2.24) is 0 Å². The second-order valence-corrected chi connectivity index (χ2v) is 8.69. The van der Waals surface area contributed by atoms with Crippen LogP contribution in [0.3, 0.4) is 0 Å². The lowest BCUT2D eigenvalue weighted by Crippen LogP contribution is -2.11. The Kier molecular flexibility index (Phi) is 15.9. The first kappa shape index (κ1) is 30.5. The second-order valence-electron chi connectivity index (χ2n) is 8.69. The summed E-state index contributed by atoms with van der Waals surface area (Å²) in [7, 11) is 0. The van der Waals surface area contributed by atoms with Gasteiger partial charge in [-0.1, -0.05) is 100 Å². The molecule has 7 heteroatoms. The lowest BCUT2D eigenvalue weighted by atomic mass is 10.2. The Bertz CT molecular complexity index is 977. The van der Waals surface area contributed by atoms with Gasteiger partial charge in [0.2, 0.25) is 0 Å². The third-order valence-electron chi connectivity index (χ3n) is 4.38. The van der Waals surface area contributed by atoms with Crippen molar-refractivity contribution in [3.63, 3.8) is 0 Å². The Morgan fingerprint density at radius 1 is 0.778 bits per heavy atom. The molecule has 3 rings (SSSR count). The number of aliphatic hydroxyl groups excluding tert-OH is 1. The highest BCUT2D eigenvalue weighted by molar-refractivity contribution is 5.92. The van der Waals surface area contributed by atoms with Gasteiger partial charge in [0.05, 0.1) is 19.8 Å². The molecule has 194 valence electrons. The Hall–Kier alpha value is -3.55. The van der Waals surface area contributed by atoms with Crippen molar-refractivity contribution in [2.45, 2.75) is 40.9 Å². The van der Waals surface area contributed by atoms with E-state index >= 15 is 0 Å². The molecule has 0 fully saturated rings. The molecule has 0 aliphatic carbocycles. The maximum atomic E-state index is 11.6. The van der Waals surface area contributed by atoms with Crippen LogP contribution in [-0.4, -0.2) is 24.3 Å². The quantitative estimate of drug-likeness (QED) is 0.193. The first-order valence-electron chi connectivity index (χ1n) is 11.9. The molecule has 3 aromatic carbocycles. The minimum absolute atomic E-state index is 0.103. The molecule has 1 N–H and O–H groups in total. The number of benzene rings is 3. The van der Waals surface area contributed by atoms with Crippen molar-refractivity contribution in [3.05, 3.63) is 107 Å². The molecule has 0 bridgehead atoms. The van der Waals surface area contributed by atoms with Crippen molar-refractivity contribution in [2.24, 2.45) is 17.2 Å². The predicted octanol–water partition coefficient (Wildman–Crippen LogP) is 6.60. The van der Waals surface area contributed by atoms with E-state index in [1.165, 1.54) is 17.7 Å². The molecule has 0 amide bonds. The van der Waals surface area contributed by atoms with Crippen LogP contribution in [0.4, 0.5) is 0 Å². The zero-order valence-corrected chi connectivity index (χ0v) is 21.5. The Morgan fingerprint density at radius 2 is 1.31 bits per heavy atom. The predicted molar refractivity (Wildman–Crippen MR) is 141 cm³/mol. The van der Waals surface area contributed by atoms with E-state index in [0.29, 0.717) is 12.5 Å². The molecule has 0 aliphatic rings. The van der Waals surface area contributed by atoms with Crippen molar-refractivity contribution in [3.8, 4) is 5.75 Å². The number of carbonyl (C=O) groups is 1. The number of esters is 1. The lowest BCUT2D eigenvalue weighted by molar-refractivity contribution is 0.0454. The molecule has 0 atom stereocenters. The van der Waals surface area contributed by atoms with Crippen LogP contribution in [0.5, 0.6) is 5.75 Å². The highest BCUT2D eigenvalue weighted by atomic mass is 16.7. The summed E-state index contributed by atoms with van der Waals surface area (Å²) in [5.41, 5.74) is 2.41. The van der Waals surface area contributed by atoms with Gasteiger partial charge in [-0.05, 0) is 35.1 Å². The van der Waals surface area contributed by atoms with Crippen LogP contribution in [0, 0.1) is 16.7 Å². The zero-order chi connectivity index (χ0) is 26.6. The zero-order valence-electron chi connectivity index (χ0n) is 21.5. The Balaban J connectivity index is 0.000000285. The summed E-state index contributed by atoms with van der Waals surface area (Å²) in [5.74, 6) is 0.453. The standard InChI is InChI=1S/C11H13NO4.C11H16O.C7H8O/c1-8(2)7-15-11(13)9-5-3-4-6-10(9)16-12-14;1-10(2)8-12-9-11-6-4-3-5-7-11;8-6-7-4-2-1-3-5-7/h3-6,8H,7H2,1-2H3;3-7,10H,8-9H2,1-2H3;1-5,8H,6H2. The lowest BCUT2D eigenvalue weighted by Gasteiger charge is -2.08. The summed E-state index contributed by atoms with van der Waals surface area (Å²) in [6, 6.07) is 26.1. The van der Waals surface area contributed by atoms with Crippen LogP contribution in [0.15, 0.2) is 90.3 Å².